The van der Waals surface area contributed by atoms with Crippen LogP contribution in [0.15, 0.2) is 29.3 Å². The Labute approximate surface area is 170 Å². The summed E-state index contributed by atoms with van der Waals surface area (Å²) in [5, 5.41) is 6.80. The molecule has 2 N–H and O–H groups in total. The molecule has 25 heavy (non-hydrogen) atoms. The van der Waals surface area contributed by atoms with Crippen LogP contribution in [0.1, 0.15) is 57.8 Å². The molecule has 1 heterocycles. The third kappa shape index (κ3) is 7.52. The molecule has 0 amide bonds. The van der Waals surface area contributed by atoms with Gasteiger partial charge in [0.05, 0.1) is 6.10 Å². The quantitative estimate of drug-likeness (QED) is 0.398. The van der Waals surface area contributed by atoms with E-state index in [-0.39, 0.29) is 35.6 Å². The Bertz CT molecular complexity index is 537. The lowest BCUT2D eigenvalue weighted by atomic mass is 9.89. The number of nitrogens with zero attached hydrogens (tertiary/aromatic N) is 1. The lowest BCUT2D eigenvalue weighted by Crippen LogP contribution is -2.47. The van der Waals surface area contributed by atoms with E-state index < -0.39 is 0 Å². The van der Waals surface area contributed by atoms with Crippen LogP contribution < -0.4 is 10.6 Å². The van der Waals surface area contributed by atoms with Crippen LogP contribution in [0.2, 0.25) is 0 Å². The SMILES string of the molecule is CCNC(=NCC1CCCOC1c1ccc(C)cc1)NC(C)(C)C.I. The molecule has 0 bridgehead atoms. The Hall–Kier alpha value is -0.820. The Kier molecular flexibility index (Phi) is 9.21. The van der Waals surface area contributed by atoms with Gasteiger partial charge in [-0.05, 0) is 53.0 Å². The van der Waals surface area contributed by atoms with Crippen LogP contribution in [-0.2, 0) is 4.74 Å². The van der Waals surface area contributed by atoms with Gasteiger partial charge in [0.25, 0.3) is 0 Å². The van der Waals surface area contributed by atoms with Gasteiger partial charge in [-0.1, -0.05) is 29.8 Å². The van der Waals surface area contributed by atoms with Crippen molar-refractivity contribution in [3.8, 4) is 0 Å². The van der Waals surface area contributed by atoms with Gasteiger partial charge < -0.3 is 15.4 Å². The zero-order chi connectivity index (χ0) is 17.6. The zero-order valence-corrected chi connectivity index (χ0v) is 18.6. The van der Waals surface area contributed by atoms with Gasteiger partial charge in [0, 0.05) is 31.2 Å². The molecule has 2 unspecified atom stereocenters. The maximum atomic E-state index is 6.10. The van der Waals surface area contributed by atoms with E-state index in [9.17, 15) is 0 Å². The normalized spacial score (nSPS) is 21.4. The van der Waals surface area contributed by atoms with Crippen molar-refractivity contribution < 1.29 is 4.74 Å². The smallest absolute Gasteiger partial charge is 0.191 e. The first-order chi connectivity index (χ1) is 11.4. The summed E-state index contributed by atoms with van der Waals surface area (Å²) < 4.78 is 6.10. The maximum Gasteiger partial charge on any atom is 0.191 e. The van der Waals surface area contributed by atoms with E-state index in [1.165, 1.54) is 11.1 Å². The Morgan fingerprint density at radius 2 is 1.92 bits per heavy atom. The molecule has 0 aliphatic carbocycles. The Morgan fingerprint density at radius 1 is 1.24 bits per heavy atom. The minimum Gasteiger partial charge on any atom is -0.373 e. The molecule has 1 fully saturated rings. The number of hydrogen-bond acceptors (Lipinski definition) is 2. The minimum absolute atomic E-state index is 0. The molecule has 1 saturated heterocycles. The van der Waals surface area contributed by atoms with Crippen LogP contribution >= 0.6 is 24.0 Å². The second-order valence-corrected chi connectivity index (χ2v) is 7.70. The van der Waals surface area contributed by atoms with Crippen LogP contribution in [-0.4, -0.2) is 31.2 Å². The molecule has 1 aliphatic rings. The molecule has 1 aromatic rings. The molecule has 2 atom stereocenters. The number of guanidine groups is 1. The van der Waals surface area contributed by atoms with Gasteiger partial charge in [-0.15, -0.1) is 24.0 Å². The topological polar surface area (TPSA) is 45.7 Å². The molecule has 1 aromatic carbocycles. The predicted octanol–water partition coefficient (Wildman–Crippen LogP) is 4.43. The molecular weight excluding hydrogens is 425 g/mol. The van der Waals surface area contributed by atoms with Crippen LogP contribution in [0.3, 0.4) is 0 Å². The van der Waals surface area contributed by atoms with E-state index in [0.717, 1.165) is 38.5 Å². The number of hydrogen-bond donors (Lipinski definition) is 2. The Balaban J connectivity index is 0.00000312. The van der Waals surface area contributed by atoms with Gasteiger partial charge in [-0.3, -0.25) is 4.99 Å². The number of ether oxygens (including phenoxy) is 1. The van der Waals surface area contributed by atoms with Crippen LogP contribution in [0.25, 0.3) is 0 Å². The fraction of sp³-hybridized carbons (Fsp3) is 0.650. The summed E-state index contributed by atoms with van der Waals surface area (Å²) in [5.41, 5.74) is 2.56. The first-order valence-corrected chi connectivity index (χ1v) is 9.13. The number of nitrogens with one attached hydrogen (secondary N) is 2. The second-order valence-electron chi connectivity index (χ2n) is 7.70. The minimum atomic E-state index is 0. The van der Waals surface area contributed by atoms with E-state index in [1.54, 1.807) is 0 Å². The summed E-state index contributed by atoms with van der Waals surface area (Å²) in [5.74, 6) is 1.31. The number of halogens is 1. The molecule has 1 aliphatic heterocycles. The number of aryl methyl sites for hydroxylation is 1. The van der Waals surface area contributed by atoms with Crippen molar-refractivity contribution in [3.63, 3.8) is 0 Å². The molecular formula is C20H34IN3O. The molecule has 0 saturated carbocycles. The molecule has 5 heteroatoms. The molecule has 0 spiro atoms. The summed E-state index contributed by atoms with van der Waals surface area (Å²) >= 11 is 0. The highest BCUT2D eigenvalue weighted by Crippen LogP contribution is 2.33. The van der Waals surface area contributed by atoms with Crippen molar-refractivity contribution >= 4 is 29.9 Å². The third-order valence-corrected chi connectivity index (χ3v) is 4.17. The predicted molar refractivity (Wildman–Crippen MR) is 117 cm³/mol. The molecule has 0 radical (unpaired) electrons. The van der Waals surface area contributed by atoms with Gasteiger partial charge in [-0.25, -0.2) is 0 Å². The van der Waals surface area contributed by atoms with Crippen molar-refractivity contribution in [3.05, 3.63) is 35.4 Å². The summed E-state index contributed by atoms with van der Waals surface area (Å²) in [4.78, 5) is 4.83. The summed E-state index contributed by atoms with van der Waals surface area (Å²) in [6, 6.07) is 8.72. The lowest BCUT2D eigenvalue weighted by molar-refractivity contribution is -0.0250. The number of rotatable bonds is 4. The van der Waals surface area contributed by atoms with E-state index in [4.69, 9.17) is 9.73 Å². The number of aliphatic imine (C=N–C) groups is 1. The summed E-state index contributed by atoms with van der Waals surface area (Å²) in [6.07, 6.45) is 2.43. The second kappa shape index (κ2) is 10.4. The molecule has 142 valence electrons. The largest absolute Gasteiger partial charge is 0.373 e. The van der Waals surface area contributed by atoms with Crippen molar-refractivity contribution in [2.75, 3.05) is 19.7 Å². The highest BCUT2D eigenvalue weighted by atomic mass is 127. The van der Waals surface area contributed by atoms with Gasteiger partial charge in [0.2, 0.25) is 0 Å². The first-order valence-electron chi connectivity index (χ1n) is 9.13. The van der Waals surface area contributed by atoms with Gasteiger partial charge in [-0.2, -0.15) is 0 Å². The van der Waals surface area contributed by atoms with Gasteiger partial charge in [0.1, 0.15) is 0 Å². The molecule has 2 rings (SSSR count). The average Bonchev–Trinajstić information content (AvgIpc) is 2.53. The van der Waals surface area contributed by atoms with Crippen LogP contribution in [0.4, 0.5) is 0 Å². The fourth-order valence-electron chi connectivity index (χ4n) is 3.03. The fourth-order valence-corrected chi connectivity index (χ4v) is 3.03. The third-order valence-electron chi connectivity index (χ3n) is 4.17. The van der Waals surface area contributed by atoms with Crippen LogP contribution in [0, 0.1) is 12.8 Å². The van der Waals surface area contributed by atoms with Crippen molar-refractivity contribution in [2.45, 2.75) is 59.1 Å². The van der Waals surface area contributed by atoms with Gasteiger partial charge >= 0.3 is 0 Å². The van der Waals surface area contributed by atoms with E-state index in [1.807, 2.05) is 0 Å². The first kappa shape index (κ1) is 22.2. The van der Waals surface area contributed by atoms with Gasteiger partial charge in [0.15, 0.2) is 5.96 Å². The number of benzene rings is 1. The van der Waals surface area contributed by atoms with E-state index in [2.05, 4.69) is 69.5 Å². The highest BCUT2D eigenvalue weighted by molar-refractivity contribution is 14.0. The maximum absolute atomic E-state index is 6.10. The van der Waals surface area contributed by atoms with E-state index in [0.29, 0.717) is 5.92 Å². The Morgan fingerprint density at radius 3 is 2.52 bits per heavy atom. The average molecular weight is 459 g/mol. The molecule has 4 nitrogen and oxygen atoms in total. The summed E-state index contributed by atoms with van der Waals surface area (Å²) in [7, 11) is 0. The lowest BCUT2D eigenvalue weighted by Gasteiger charge is -2.32. The molecule has 0 aromatic heterocycles. The van der Waals surface area contributed by atoms with Crippen LogP contribution in [0.5, 0.6) is 0 Å². The highest BCUT2D eigenvalue weighted by Gasteiger charge is 2.27. The van der Waals surface area contributed by atoms with Crippen molar-refractivity contribution in [1.29, 1.82) is 0 Å². The van der Waals surface area contributed by atoms with E-state index >= 15 is 0 Å². The monoisotopic (exact) mass is 459 g/mol. The standard InChI is InChI=1S/C20H33N3O.HI/c1-6-21-19(23-20(3,4)5)22-14-17-8-7-13-24-18(17)16-11-9-15(2)10-12-16;/h9-12,17-18H,6-8,13-14H2,1-5H3,(H2,21,22,23);1H. The van der Waals surface area contributed by atoms with Crippen molar-refractivity contribution in [1.82, 2.24) is 10.6 Å². The van der Waals surface area contributed by atoms with Crippen molar-refractivity contribution in [2.24, 2.45) is 10.9 Å². The summed E-state index contributed by atoms with van der Waals surface area (Å²) in [6.45, 7) is 13.2. The zero-order valence-electron chi connectivity index (χ0n) is 16.3.